The first-order valence-corrected chi connectivity index (χ1v) is 13.1. The van der Waals surface area contributed by atoms with Crippen LogP contribution in [0.5, 0.6) is 11.5 Å². The van der Waals surface area contributed by atoms with E-state index in [9.17, 15) is 9.59 Å². The average Bonchev–Trinajstić information content (AvgIpc) is 3.62. The highest BCUT2D eigenvalue weighted by Gasteiger charge is 2.17. The van der Waals surface area contributed by atoms with Gasteiger partial charge in [-0.2, -0.15) is 5.10 Å². The Kier molecular flexibility index (Phi) is 7.27. The first-order chi connectivity index (χ1) is 20.1. The van der Waals surface area contributed by atoms with Crippen molar-refractivity contribution in [1.29, 1.82) is 0 Å². The molecule has 2 N–H and O–H groups in total. The third-order valence-corrected chi connectivity index (χ3v) is 6.62. The molecule has 0 spiro atoms. The lowest BCUT2D eigenvalue weighted by Crippen LogP contribution is -2.32. The van der Waals surface area contributed by atoms with Crippen LogP contribution in [0.3, 0.4) is 0 Å². The number of nitrogens with one attached hydrogen (secondary N) is 2. The van der Waals surface area contributed by atoms with Gasteiger partial charge in [0.1, 0.15) is 5.70 Å². The lowest BCUT2D eigenvalue weighted by molar-refractivity contribution is -0.117. The summed E-state index contributed by atoms with van der Waals surface area (Å²) in [5, 5.41) is 7.97. The number of benzene rings is 4. The van der Waals surface area contributed by atoms with Crippen LogP contribution in [0, 0.1) is 0 Å². The highest BCUT2D eigenvalue weighted by atomic mass is 16.7. The molecule has 1 aromatic heterocycles. The molecule has 0 saturated carbocycles. The quantitative estimate of drug-likeness (QED) is 0.157. The number of nitrogens with zero attached hydrogens (tertiary/aromatic N) is 2. The lowest BCUT2D eigenvalue weighted by Gasteiger charge is -2.09. The fourth-order valence-corrected chi connectivity index (χ4v) is 4.62. The van der Waals surface area contributed by atoms with Gasteiger partial charge in [-0.1, -0.05) is 72.8 Å². The number of rotatable bonds is 8. The van der Waals surface area contributed by atoms with Crippen molar-refractivity contribution in [3.05, 3.63) is 137 Å². The van der Waals surface area contributed by atoms with Crippen LogP contribution in [0.2, 0.25) is 0 Å². The number of aromatic nitrogens is 1. The van der Waals surface area contributed by atoms with E-state index in [4.69, 9.17) is 9.47 Å². The van der Waals surface area contributed by atoms with Crippen LogP contribution >= 0.6 is 0 Å². The van der Waals surface area contributed by atoms with Gasteiger partial charge in [0, 0.05) is 34.8 Å². The van der Waals surface area contributed by atoms with Gasteiger partial charge in [0.05, 0.1) is 6.21 Å². The molecule has 1 aliphatic heterocycles. The van der Waals surface area contributed by atoms with E-state index in [0.717, 1.165) is 16.5 Å². The number of hydrogen-bond acceptors (Lipinski definition) is 5. The van der Waals surface area contributed by atoms with Crippen molar-refractivity contribution < 1.29 is 19.1 Å². The summed E-state index contributed by atoms with van der Waals surface area (Å²) in [6, 6.07) is 32.2. The predicted octanol–water partition coefficient (Wildman–Crippen LogP) is 5.34. The number of hydrazone groups is 1. The van der Waals surface area contributed by atoms with E-state index in [2.05, 4.69) is 38.6 Å². The molecule has 0 radical (unpaired) electrons. The Morgan fingerprint density at radius 3 is 2.41 bits per heavy atom. The molecule has 6 rings (SSSR count). The summed E-state index contributed by atoms with van der Waals surface area (Å²) >= 11 is 0. The minimum atomic E-state index is -0.573. The highest BCUT2D eigenvalue weighted by Crippen LogP contribution is 2.33. The molecular formula is C33H26N4O4. The molecule has 5 aromatic rings. The second kappa shape index (κ2) is 11.6. The van der Waals surface area contributed by atoms with Crippen molar-refractivity contribution >= 4 is 35.0 Å². The molecule has 0 atom stereocenters. The minimum Gasteiger partial charge on any atom is -0.454 e. The van der Waals surface area contributed by atoms with Gasteiger partial charge in [0.2, 0.25) is 6.79 Å². The fourth-order valence-electron chi connectivity index (χ4n) is 4.62. The van der Waals surface area contributed by atoms with E-state index in [-0.39, 0.29) is 12.5 Å². The van der Waals surface area contributed by atoms with Crippen LogP contribution in [0.4, 0.5) is 0 Å². The molecule has 1 aliphatic rings. The summed E-state index contributed by atoms with van der Waals surface area (Å²) in [7, 11) is 0. The topological polar surface area (TPSA) is 94.0 Å². The zero-order valence-electron chi connectivity index (χ0n) is 22.0. The maximum absolute atomic E-state index is 13.3. The van der Waals surface area contributed by atoms with Gasteiger partial charge in [-0.25, -0.2) is 5.43 Å². The molecule has 2 heterocycles. The summed E-state index contributed by atoms with van der Waals surface area (Å²) in [5.74, 6) is 0.201. The molecule has 0 bridgehead atoms. The van der Waals surface area contributed by atoms with Crippen LogP contribution in [-0.2, 0) is 11.3 Å². The molecule has 4 aromatic carbocycles. The molecule has 0 unspecified atom stereocenters. The number of para-hydroxylation sites is 1. The van der Waals surface area contributed by atoms with Gasteiger partial charge < -0.3 is 19.4 Å². The van der Waals surface area contributed by atoms with E-state index < -0.39 is 11.8 Å². The molecule has 0 saturated heterocycles. The second-order valence-corrected chi connectivity index (χ2v) is 9.41. The van der Waals surface area contributed by atoms with E-state index in [1.165, 1.54) is 5.56 Å². The third-order valence-electron chi connectivity index (χ3n) is 6.62. The lowest BCUT2D eigenvalue weighted by atomic mass is 10.1. The van der Waals surface area contributed by atoms with Crippen molar-refractivity contribution in [3.63, 3.8) is 0 Å². The second-order valence-electron chi connectivity index (χ2n) is 9.41. The van der Waals surface area contributed by atoms with E-state index in [1.807, 2.05) is 48.7 Å². The van der Waals surface area contributed by atoms with E-state index in [1.54, 1.807) is 54.8 Å². The Bertz CT molecular complexity index is 1780. The zero-order valence-corrected chi connectivity index (χ0v) is 22.0. The summed E-state index contributed by atoms with van der Waals surface area (Å²) in [5.41, 5.74) is 6.76. The van der Waals surface area contributed by atoms with Crippen molar-refractivity contribution in [2.75, 3.05) is 6.79 Å². The Hall–Kier alpha value is -5.63. The van der Waals surface area contributed by atoms with Gasteiger partial charge >= 0.3 is 0 Å². The average molecular weight is 543 g/mol. The maximum atomic E-state index is 13.3. The molecule has 202 valence electrons. The highest BCUT2D eigenvalue weighted by molar-refractivity contribution is 6.06. The largest absolute Gasteiger partial charge is 0.454 e. The first kappa shape index (κ1) is 25.6. The van der Waals surface area contributed by atoms with Gasteiger partial charge in [-0.15, -0.1) is 0 Å². The Morgan fingerprint density at radius 2 is 1.59 bits per heavy atom. The van der Waals surface area contributed by atoms with Crippen LogP contribution in [0.1, 0.15) is 27.0 Å². The Balaban J connectivity index is 1.24. The Morgan fingerprint density at radius 1 is 0.854 bits per heavy atom. The number of amides is 2. The van der Waals surface area contributed by atoms with Gasteiger partial charge in [0.25, 0.3) is 11.8 Å². The number of carbonyl (C=O) groups is 2. The van der Waals surface area contributed by atoms with Crippen LogP contribution in [0.25, 0.3) is 17.0 Å². The van der Waals surface area contributed by atoms with Crippen LogP contribution < -0.4 is 20.2 Å². The van der Waals surface area contributed by atoms with Crippen molar-refractivity contribution in [3.8, 4) is 11.5 Å². The number of hydrogen-bond donors (Lipinski definition) is 2. The smallest absolute Gasteiger partial charge is 0.287 e. The maximum Gasteiger partial charge on any atom is 0.287 e. The summed E-state index contributed by atoms with van der Waals surface area (Å²) in [4.78, 5) is 26.2. The molecule has 0 aliphatic carbocycles. The van der Waals surface area contributed by atoms with E-state index in [0.29, 0.717) is 29.2 Å². The van der Waals surface area contributed by atoms with Gasteiger partial charge in [-0.05, 0) is 47.5 Å². The fraction of sp³-hybridized carbons (Fsp3) is 0.0606. The van der Waals surface area contributed by atoms with Crippen molar-refractivity contribution in [1.82, 2.24) is 15.3 Å². The van der Waals surface area contributed by atoms with E-state index >= 15 is 0 Å². The Labute approximate surface area is 236 Å². The summed E-state index contributed by atoms with van der Waals surface area (Å²) in [6.45, 7) is 0.840. The number of ether oxygens (including phenoxy) is 2. The summed E-state index contributed by atoms with van der Waals surface area (Å²) < 4.78 is 13.0. The summed E-state index contributed by atoms with van der Waals surface area (Å²) in [6.07, 6.45) is 5.19. The van der Waals surface area contributed by atoms with Gasteiger partial charge in [-0.3, -0.25) is 9.59 Å². The van der Waals surface area contributed by atoms with Crippen molar-refractivity contribution in [2.45, 2.75) is 6.54 Å². The normalized spacial score (nSPS) is 12.5. The molecule has 2 amide bonds. The number of carbonyl (C=O) groups excluding carboxylic acids is 2. The van der Waals surface area contributed by atoms with Crippen molar-refractivity contribution in [2.24, 2.45) is 5.10 Å². The predicted molar refractivity (Wildman–Crippen MR) is 158 cm³/mol. The molecule has 8 nitrogen and oxygen atoms in total. The first-order valence-electron chi connectivity index (χ1n) is 13.1. The molecule has 8 heteroatoms. The molecular weight excluding hydrogens is 516 g/mol. The standard InChI is InChI=1S/C33H26N4O4/c38-32(25-11-5-2-6-12-25)35-28(17-24-15-16-30-31(18-24)41-22-40-30)33(39)36-34-19-26-21-37(20-23-9-3-1-4-10-23)29-14-8-7-13-27(26)29/h1-19,21H,20,22H2,(H,35,38)(H,36,39). The van der Waals surface area contributed by atoms with Crippen LogP contribution in [0.15, 0.2) is 120 Å². The monoisotopic (exact) mass is 542 g/mol. The SMILES string of the molecule is O=C(NN=Cc1cn(Cc2ccccc2)c2ccccc12)C(=Cc1ccc2c(c1)OCO2)NC(=O)c1ccccc1. The molecule has 0 fully saturated rings. The van der Waals surface area contributed by atoms with Gasteiger partial charge in [0.15, 0.2) is 11.5 Å². The molecule has 41 heavy (non-hydrogen) atoms. The minimum absolute atomic E-state index is 0.0291. The third kappa shape index (κ3) is 5.86. The van der Waals surface area contributed by atoms with Crippen LogP contribution in [-0.4, -0.2) is 29.4 Å². The zero-order chi connectivity index (χ0) is 28.0. The number of fused-ring (bicyclic) bond motifs is 2.